The third kappa shape index (κ3) is 3.46. The molecule has 2 atom stereocenters. The van der Waals surface area contributed by atoms with Gasteiger partial charge in [-0.15, -0.1) is 0 Å². The Morgan fingerprint density at radius 1 is 1.00 bits per heavy atom. The summed E-state index contributed by atoms with van der Waals surface area (Å²) in [6.07, 6.45) is 2.77. The van der Waals surface area contributed by atoms with E-state index in [2.05, 4.69) is 14.1 Å². The smallest absolute Gasteiger partial charge is 0.348 e. The predicted molar refractivity (Wildman–Crippen MR) is 96.2 cm³/mol. The largest absolute Gasteiger partial charge is 0.453 e. The number of carbonyl (C=O) groups is 1. The van der Waals surface area contributed by atoms with Crippen molar-refractivity contribution >= 4 is 5.97 Å². The molecule has 1 saturated carbocycles. The number of quaternary nitrogens is 1. The van der Waals surface area contributed by atoms with E-state index in [1.165, 1.54) is 4.90 Å². The lowest BCUT2D eigenvalue weighted by Gasteiger charge is -2.30. The summed E-state index contributed by atoms with van der Waals surface area (Å²) in [5, 5.41) is 11.4. The van der Waals surface area contributed by atoms with E-state index in [9.17, 15) is 9.90 Å². The lowest BCUT2D eigenvalue weighted by molar-refractivity contribution is -0.888. The Labute approximate surface area is 149 Å². The maximum atomic E-state index is 13.1. The van der Waals surface area contributed by atoms with Crippen molar-refractivity contribution in [3.8, 4) is 0 Å². The Bertz CT molecular complexity index is 660. The fourth-order valence-electron chi connectivity index (χ4n) is 3.71. The summed E-state index contributed by atoms with van der Waals surface area (Å²) in [4.78, 5) is 14.4. The quantitative estimate of drug-likeness (QED) is 0.812. The Kier molecular flexibility index (Phi) is 5.21. The lowest BCUT2D eigenvalue weighted by Crippen LogP contribution is -3.11. The highest BCUT2D eigenvalue weighted by atomic mass is 16.6. The highest BCUT2D eigenvalue weighted by Gasteiger charge is 2.45. The summed E-state index contributed by atoms with van der Waals surface area (Å²) < 4.78 is 5.85. The third-order valence-electron chi connectivity index (χ3n) is 5.13. The van der Waals surface area contributed by atoms with Crippen LogP contribution in [0.5, 0.6) is 0 Å². The van der Waals surface area contributed by atoms with Crippen molar-refractivity contribution in [2.75, 3.05) is 14.1 Å². The second-order valence-corrected chi connectivity index (χ2v) is 7.00. The summed E-state index contributed by atoms with van der Waals surface area (Å²) in [7, 11) is 4.16. The van der Waals surface area contributed by atoms with Gasteiger partial charge in [0.05, 0.1) is 14.1 Å². The summed E-state index contributed by atoms with van der Waals surface area (Å²) >= 11 is 0. The van der Waals surface area contributed by atoms with Gasteiger partial charge in [-0.1, -0.05) is 60.7 Å². The maximum Gasteiger partial charge on any atom is 0.348 e. The molecule has 4 nitrogen and oxygen atoms in total. The second-order valence-electron chi connectivity index (χ2n) is 7.00. The molecule has 2 aromatic carbocycles. The number of esters is 1. The highest BCUT2D eigenvalue weighted by Crippen LogP contribution is 2.33. The number of nitrogens with one attached hydrogen (secondary N) is 1. The van der Waals surface area contributed by atoms with Gasteiger partial charge in [0.25, 0.3) is 0 Å². The first-order chi connectivity index (χ1) is 12.0. The first kappa shape index (κ1) is 17.6. The van der Waals surface area contributed by atoms with E-state index in [-0.39, 0.29) is 12.1 Å². The zero-order valence-corrected chi connectivity index (χ0v) is 14.8. The summed E-state index contributed by atoms with van der Waals surface area (Å²) in [5.41, 5.74) is -0.743. The van der Waals surface area contributed by atoms with E-state index < -0.39 is 11.6 Å². The number of hydrogen-bond donors (Lipinski definition) is 2. The molecule has 25 heavy (non-hydrogen) atoms. The molecule has 0 saturated heterocycles. The van der Waals surface area contributed by atoms with Crippen LogP contribution in [-0.2, 0) is 15.1 Å². The Morgan fingerprint density at radius 3 is 2.00 bits per heavy atom. The minimum atomic E-state index is -1.79. The molecule has 0 unspecified atom stereocenters. The average molecular weight is 340 g/mol. The van der Waals surface area contributed by atoms with Crippen molar-refractivity contribution in [2.24, 2.45) is 0 Å². The van der Waals surface area contributed by atoms with Crippen LogP contribution < -0.4 is 4.90 Å². The summed E-state index contributed by atoms with van der Waals surface area (Å²) in [6.45, 7) is 0. The van der Waals surface area contributed by atoms with Crippen LogP contribution in [0.25, 0.3) is 0 Å². The number of likely N-dealkylation sites (N-methyl/N-ethyl adjacent to an activating group) is 1. The van der Waals surface area contributed by atoms with Gasteiger partial charge in [0.15, 0.2) is 6.10 Å². The van der Waals surface area contributed by atoms with Gasteiger partial charge >= 0.3 is 5.97 Å². The molecule has 1 aliphatic carbocycles. The predicted octanol–water partition coefficient (Wildman–Crippen LogP) is 1.53. The van der Waals surface area contributed by atoms with Crippen LogP contribution in [-0.4, -0.2) is 37.3 Å². The van der Waals surface area contributed by atoms with Crippen molar-refractivity contribution in [3.05, 3.63) is 71.8 Å². The van der Waals surface area contributed by atoms with Crippen LogP contribution in [0.15, 0.2) is 60.7 Å². The molecule has 1 aliphatic rings. The van der Waals surface area contributed by atoms with E-state index in [4.69, 9.17) is 4.74 Å². The maximum absolute atomic E-state index is 13.1. The van der Waals surface area contributed by atoms with Crippen molar-refractivity contribution in [2.45, 2.75) is 37.0 Å². The van der Waals surface area contributed by atoms with Gasteiger partial charge in [0.2, 0.25) is 5.60 Å². The molecule has 0 amide bonds. The van der Waals surface area contributed by atoms with Crippen molar-refractivity contribution < 1.29 is 19.5 Å². The normalized spacial score (nSPS) is 20.6. The van der Waals surface area contributed by atoms with Crippen LogP contribution >= 0.6 is 0 Å². The fourth-order valence-corrected chi connectivity index (χ4v) is 3.71. The Morgan fingerprint density at radius 2 is 1.52 bits per heavy atom. The number of carbonyl (C=O) groups excluding carboxylic acids is 1. The van der Waals surface area contributed by atoms with E-state index in [1.54, 1.807) is 24.3 Å². The number of rotatable bonds is 5. The topological polar surface area (TPSA) is 51.0 Å². The fraction of sp³-hybridized carbons (Fsp3) is 0.381. The Balaban J connectivity index is 1.94. The van der Waals surface area contributed by atoms with Gasteiger partial charge < -0.3 is 14.7 Å². The average Bonchev–Trinajstić information content (AvgIpc) is 3.11. The van der Waals surface area contributed by atoms with E-state index in [0.29, 0.717) is 11.1 Å². The van der Waals surface area contributed by atoms with Gasteiger partial charge in [-0.25, -0.2) is 4.79 Å². The van der Waals surface area contributed by atoms with Crippen LogP contribution in [0.4, 0.5) is 0 Å². The molecule has 0 heterocycles. The first-order valence-corrected chi connectivity index (χ1v) is 8.88. The number of ether oxygens (including phenoxy) is 1. The lowest BCUT2D eigenvalue weighted by atomic mass is 9.86. The molecule has 0 radical (unpaired) electrons. The van der Waals surface area contributed by atoms with Gasteiger partial charge in [0.1, 0.15) is 6.04 Å². The molecule has 3 rings (SSSR count). The summed E-state index contributed by atoms with van der Waals surface area (Å²) in [5.74, 6) is -0.594. The van der Waals surface area contributed by atoms with E-state index >= 15 is 0 Å². The molecule has 1 fully saturated rings. The number of benzene rings is 2. The minimum Gasteiger partial charge on any atom is -0.453 e. The van der Waals surface area contributed by atoms with Crippen molar-refractivity contribution in [3.63, 3.8) is 0 Å². The first-order valence-electron chi connectivity index (χ1n) is 8.88. The van der Waals surface area contributed by atoms with Crippen LogP contribution in [0.2, 0.25) is 0 Å². The molecule has 2 N–H and O–H groups in total. The molecule has 0 bridgehead atoms. The van der Waals surface area contributed by atoms with Crippen LogP contribution in [0, 0.1) is 0 Å². The Hall–Kier alpha value is -2.17. The van der Waals surface area contributed by atoms with Gasteiger partial charge in [-0.3, -0.25) is 0 Å². The summed E-state index contributed by atoms with van der Waals surface area (Å²) in [6, 6.07) is 18.3. The van der Waals surface area contributed by atoms with Gasteiger partial charge in [-0.2, -0.15) is 0 Å². The van der Waals surface area contributed by atoms with E-state index in [0.717, 1.165) is 19.3 Å². The molecule has 132 valence electrons. The van der Waals surface area contributed by atoms with Crippen molar-refractivity contribution in [1.82, 2.24) is 0 Å². The number of aliphatic hydroxyl groups is 1. The molecule has 0 aromatic heterocycles. The van der Waals surface area contributed by atoms with Crippen LogP contribution in [0.3, 0.4) is 0 Å². The monoisotopic (exact) mass is 340 g/mol. The van der Waals surface area contributed by atoms with Crippen LogP contribution in [0.1, 0.15) is 30.4 Å². The molecule has 0 spiro atoms. The molecule has 2 aromatic rings. The standard InChI is InChI=1S/C21H25NO3/c1-22(2)18-14-9-15-19(18)25-20(23)21(24,16-10-5-3-6-11-16)17-12-7-4-8-13-17/h3-8,10-13,18-19,24H,9,14-15H2,1-2H3/p+1/t18-,19+/m1/s1. The molecule has 0 aliphatic heterocycles. The highest BCUT2D eigenvalue weighted by molar-refractivity contribution is 5.85. The van der Waals surface area contributed by atoms with Gasteiger partial charge in [-0.05, 0) is 24.0 Å². The minimum absolute atomic E-state index is 0.156. The van der Waals surface area contributed by atoms with Crippen molar-refractivity contribution in [1.29, 1.82) is 0 Å². The molecular formula is C21H26NO3+. The zero-order valence-electron chi connectivity index (χ0n) is 14.8. The third-order valence-corrected chi connectivity index (χ3v) is 5.13. The molecular weight excluding hydrogens is 314 g/mol. The molecule has 4 heteroatoms. The van der Waals surface area contributed by atoms with Gasteiger partial charge in [0, 0.05) is 6.42 Å². The number of hydrogen-bond acceptors (Lipinski definition) is 3. The second kappa shape index (κ2) is 7.38. The zero-order chi connectivity index (χ0) is 17.9. The SMILES string of the molecule is C[NH+](C)[C@@H]1CCC[C@@H]1OC(=O)C(O)(c1ccccc1)c1ccccc1. The van der Waals surface area contributed by atoms with E-state index in [1.807, 2.05) is 36.4 Å².